The summed E-state index contributed by atoms with van der Waals surface area (Å²) in [6, 6.07) is 5.80. The number of carbonyl (C=O) groups is 2. The van der Waals surface area contributed by atoms with Crippen LogP contribution in [-0.2, 0) is 9.47 Å². The van der Waals surface area contributed by atoms with Crippen LogP contribution >= 0.6 is 0 Å². The van der Waals surface area contributed by atoms with Crippen molar-refractivity contribution in [2.75, 3.05) is 31.1 Å². The second kappa shape index (κ2) is 8.34. The third-order valence-corrected chi connectivity index (χ3v) is 4.70. The van der Waals surface area contributed by atoms with Gasteiger partial charge < -0.3 is 14.8 Å². The van der Waals surface area contributed by atoms with Gasteiger partial charge in [0.1, 0.15) is 17.5 Å². The van der Waals surface area contributed by atoms with Gasteiger partial charge in [0.15, 0.2) is 0 Å². The Hall–Kier alpha value is -2.35. The Bertz CT molecular complexity index is 704. The molecule has 2 aliphatic rings. The van der Waals surface area contributed by atoms with Crippen molar-refractivity contribution < 1.29 is 23.5 Å². The lowest BCUT2D eigenvalue weighted by molar-refractivity contribution is 0.0454. The van der Waals surface area contributed by atoms with Gasteiger partial charge >= 0.3 is 12.2 Å². The largest absolute Gasteiger partial charge is 0.444 e. The van der Waals surface area contributed by atoms with Crippen molar-refractivity contribution >= 4 is 17.9 Å². The molecule has 28 heavy (non-hydrogen) atoms. The van der Waals surface area contributed by atoms with Crippen LogP contribution in [0.15, 0.2) is 24.3 Å². The molecule has 2 amide bonds. The van der Waals surface area contributed by atoms with Crippen molar-refractivity contribution in [3.8, 4) is 0 Å². The minimum absolute atomic E-state index is 0.00825. The SMILES string of the molecule is CC(C)(C)OC(=O)N[C@H]1CCCN(C[C@@H]2CN(c3ccc(F)cc3)C(=O)O2)C1. The van der Waals surface area contributed by atoms with E-state index in [1.165, 1.54) is 17.0 Å². The second-order valence-corrected chi connectivity index (χ2v) is 8.34. The van der Waals surface area contributed by atoms with Crippen LogP contribution in [0, 0.1) is 5.82 Å². The Kier molecular flexibility index (Phi) is 6.07. The predicted octanol–water partition coefficient (Wildman–Crippen LogP) is 3.14. The summed E-state index contributed by atoms with van der Waals surface area (Å²) in [6.45, 7) is 8.09. The minimum Gasteiger partial charge on any atom is -0.444 e. The fraction of sp³-hybridized carbons (Fsp3) is 0.600. The van der Waals surface area contributed by atoms with E-state index in [1.54, 1.807) is 12.1 Å². The lowest BCUT2D eigenvalue weighted by atomic mass is 10.1. The fourth-order valence-electron chi connectivity index (χ4n) is 3.55. The van der Waals surface area contributed by atoms with E-state index >= 15 is 0 Å². The molecule has 7 nitrogen and oxygen atoms in total. The number of piperidine rings is 1. The summed E-state index contributed by atoms with van der Waals surface area (Å²) in [5.41, 5.74) is 0.0948. The fourth-order valence-corrected chi connectivity index (χ4v) is 3.55. The highest BCUT2D eigenvalue weighted by molar-refractivity contribution is 5.89. The highest BCUT2D eigenvalue weighted by atomic mass is 19.1. The molecule has 2 saturated heterocycles. The first-order chi connectivity index (χ1) is 13.2. The Labute approximate surface area is 164 Å². The van der Waals surface area contributed by atoms with Gasteiger partial charge in [-0.1, -0.05) is 0 Å². The normalized spacial score (nSPS) is 23.4. The average Bonchev–Trinajstić information content (AvgIpc) is 2.94. The van der Waals surface area contributed by atoms with Crippen LogP contribution in [0.1, 0.15) is 33.6 Å². The number of alkyl carbamates (subject to hydrolysis) is 1. The average molecular weight is 393 g/mol. The Balaban J connectivity index is 1.50. The maximum Gasteiger partial charge on any atom is 0.414 e. The summed E-state index contributed by atoms with van der Waals surface area (Å²) >= 11 is 0. The Morgan fingerprint density at radius 3 is 2.68 bits per heavy atom. The molecular weight excluding hydrogens is 365 g/mol. The van der Waals surface area contributed by atoms with Gasteiger partial charge in [0, 0.05) is 24.8 Å². The van der Waals surface area contributed by atoms with Crippen LogP contribution in [0.25, 0.3) is 0 Å². The predicted molar refractivity (Wildman–Crippen MR) is 103 cm³/mol. The number of amides is 2. The number of nitrogens with zero attached hydrogens (tertiary/aromatic N) is 2. The first-order valence-electron chi connectivity index (χ1n) is 9.65. The van der Waals surface area contributed by atoms with E-state index in [1.807, 2.05) is 20.8 Å². The number of likely N-dealkylation sites (tertiary alicyclic amines) is 1. The van der Waals surface area contributed by atoms with Crippen molar-refractivity contribution in [2.24, 2.45) is 0 Å². The number of rotatable bonds is 4. The van der Waals surface area contributed by atoms with Gasteiger partial charge in [-0.3, -0.25) is 9.80 Å². The van der Waals surface area contributed by atoms with Crippen molar-refractivity contribution in [3.05, 3.63) is 30.1 Å². The van der Waals surface area contributed by atoms with Crippen molar-refractivity contribution in [1.29, 1.82) is 0 Å². The van der Waals surface area contributed by atoms with Gasteiger partial charge in [-0.25, -0.2) is 14.0 Å². The standard InChI is InChI=1S/C20H28FN3O4/c1-20(2,3)28-18(25)22-15-5-4-10-23(11-15)12-17-13-24(19(26)27-17)16-8-6-14(21)7-9-16/h6-9,15,17H,4-5,10-13H2,1-3H3,(H,22,25)/t15-,17+/m0/s1. The highest BCUT2D eigenvalue weighted by Gasteiger charge is 2.34. The molecule has 1 aromatic rings. The highest BCUT2D eigenvalue weighted by Crippen LogP contribution is 2.23. The molecule has 2 atom stereocenters. The maximum atomic E-state index is 13.1. The van der Waals surface area contributed by atoms with Crippen LogP contribution in [0.4, 0.5) is 19.7 Å². The Morgan fingerprint density at radius 2 is 2.00 bits per heavy atom. The summed E-state index contributed by atoms with van der Waals surface area (Å²) < 4.78 is 23.9. The van der Waals surface area contributed by atoms with E-state index in [0.29, 0.717) is 25.3 Å². The molecule has 0 unspecified atom stereocenters. The number of cyclic esters (lactones) is 1. The number of carbonyl (C=O) groups excluding carboxylic acids is 2. The molecule has 1 N–H and O–H groups in total. The Morgan fingerprint density at radius 1 is 1.29 bits per heavy atom. The second-order valence-electron chi connectivity index (χ2n) is 8.34. The number of nitrogens with one attached hydrogen (secondary N) is 1. The van der Waals surface area contributed by atoms with E-state index < -0.39 is 17.8 Å². The maximum absolute atomic E-state index is 13.1. The van der Waals surface area contributed by atoms with E-state index in [0.717, 1.165) is 19.4 Å². The van der Waals surface area contributed by atoms with Crippen molar-refractivity contribution in [2.45, 2.75) is 51.4 Å². The lowest BCUT2D eigenvalue weighted by Gasteiger charge is -2.34. The van der Waals surface area contributed by atoms with Crippen LogP contribution in [0.5, 0.6) is 0 Å². The molecular formula is C20H28FN3O4. The summed E-state index contributed by atoms with van der Waals surface area (Å²) in [7, 11) is 0. The third-order valence-electron chi connectivity index (χ3n) is 4.70. The molecule has 0 bridgehead atoms. The zero-order valence-electron chi connectivity index (χ0n) is 16.6. The molecule has 1 aromatic carbocycles. The molecule has 0 radical (unpaired) electrons. The van der Waals surface area contributed by atoms with Crippen molar-refractivity contribution in [1.82, 2.24) is 10.2 Å². The van der Waals surface area contributed by atoms with E-state index in [9.17, 15) is 14.0 Å². The zero-order chi connectivity index (χ0) is 20.3. The number of halogens is 1. The first-order valence-corrected chi connectivity index (χ1v) is 9.65. The van der Waals surface area contributed by atoms with Crippen LogP contribution < -0.4 is 10.2 Å². The van der Waals surface area contributed by atoms with Gasteiger partial charge in [0.2, 0.25) is 0 Å². The smallest absolute Gasteiger partial charge is 0.414 e. The number of anilines is 1. The van der Waals surface area contributed by atoms with Crippen molar-refractivity contribution in [3.63, 3.8) is 0 Å². The molecule has 2 aliphatic heterocycles. The van der Waals surface area contributed by atoms with Crippen LogP contribution in [0.3, 0.4) is 0 Å². The number of hydrogen-bond acceptors (Lipinski definition) is 5. The third kappa shape index (κ3) is 5.58. The lowest BCUT2D eigenvalue weighted by Crippen LogP contribution is -2.50. The van der Waals surface area contributed by atoms with E-state index in [-0.39, 0.29) is 18.0 Å². The topological polar surface area (TPSA) is 71.1 Å². The van der Waals surface area contributed by atoms with Crippen LogP contribution in [-0.4, -0.2) is 61.0 Å². The molecule has 8 heteroatoms. The molecule has 0 saturated carbocycles. The number of ether oxygens (including phenoxy) is 2. The minimum atomic E-state index is -0.527. The molecule has 0 aliphatic carbocycles. The van der Waals surface area contributed by atoms with E-state index in [2.05, 4.69) is 10.2 Å². The van der Waals surface area contributed by atoms with Gasteiger partial charge in [-0.05, 0) is 64.4 Å². The number of benzene rings is 1. The summed E-state index contributed by atoms with van der Waals surface area (Å²) in [4.78, 5) is 27.9. The molecule has 2 heterocycles. The van der Waals surface area contributed by atoms with Gasteiger partial charge in [0.25, 0.3) is 0 Å². The molecule has 0 aromatic heterocycles. The van der Waals surface area contributed by atoms with Gasteiger partial charge in [-0.2, -0.15) is 0 Å². The molecule has 154 valence electrons. The number of hydrogen-bond donors (Lipinski definition) is 1. The van der Waals surface area contributed by atoms with Crippen LogP contribution in [0.2, 0.25) is 0 Å². The molecule has 3 rings (SSSR count). The van der Waals surface area contributed by atoms with Gasteiger partial charge in [0.05, 0.1) is 6.54 Å². The first kappa shape index (κ1) is 20.4. The zero-order valence-corrected chi connectivity index (χ0v) is 16.6. The summed E-state index contributed by atoms with van der Waals surface area (Å²) in [6.07, 6.45) is 0.744. The monoisotopic (exact) mass is 393 g/mol. The summed E-state index contributed by atoms with van der Waals surface area (Å²) in [5.74, 6) is -0.343. The van der Waals surface area contributed by atoms with Gasteiger partial charge in [-0.15, -0.1) is 0 Å². The molecule has 2 fully saturated rings. The molecule has 0 spiro atoms. The summed E-state index contributed by atoms with van der Waals surface area (Å²) in [5, 5.41) is 2.92. The quantitative estimate of drug-likeness (QED) is 0.851. The van der Waals surface area contributed by atoms with E-state index in [4.69, 9.17) is 9.47 Å².